The third-order valence-corrected chi connectivity index (χ3v) is 3.02. The van der Waals surface area contributed by atoms with E-state index in [4.69, 9.17) is 9.26 Å². The zero-order chi connectivity index (χ0) is 12.8. The van der Waals surface area contributed by atoms with E-state index in [0.717, 1.165) is 13.0 Å². The summed E-state index contributed by atoms with van der Waals surface area (Å²) in [5.74, 6) is 0.360. The standard InChI is InChI=1S/C12H19N3O3/c1-17-8-10-7-11(15-18-10)12(16)14-6-4-9-3-2-5-13-9/h7,9,13H,2-6,8H2,1H3,(H,14,16)/t9-/m0/s1. The number of rotatable bonds is 6. The Kier molecular flexibility index (Phi) is 4.72. The first-order chi connectivity index (χ1) is 8.79. The molecule has 0 aromatic carbocycles. The summed E-state index contributed by atoms with van der Waals surface area (Å²) in [6, 6.07) is 2.14. The van der Waals surface area contributed by atoms with E-state index in [-0.39, 0.29) is 5.91 Å². The highest BCUT2D eigenvalue weighted by Gasteiger charge is 2.15. The maximum absolute atomic E-state index is 11.7. The third-order valence-electron chi connectivity index (χ3n) is 3.02. The minimum absolute atomic E-state index is 0.195. The maximum atomic E-state index is 11.7. The highest BCUT2D eigenvalue weighted by molar-refractivity contribution is 5.92. The number of carbonyl (C=O) groups excluding carboxylic acids is 1. The lowest BCUT2D eigenvalue weighted by atomic mass is 10.1. The normalized spacial score (nSPS) is 19.1. The molecule has 100 valence electrons. The van der Waals surface area contributed by atoms with Crippen LogP contribution >= 0.6 is 0 Å². The zero-order valence-electron chi connectivity index (χ0n) is 10.6. The molecule has 0 aliphatic carbocycles. The van der Waals surface area contributed by atoms with Gasteiger partial charge in [0.25, 0.3) is 5.91 Å². The smallest absolute Gasteiger partial charge is 0.273 e. The van der Waals surface area contributed by atoms with Crippen LogP contribution in [0.25, 0.3) is 0 Å². The van der Waals surface area contributed by atoms with Gasteiger partial charge in [-0.25, -0.2) is 0 Å². The van der Waals surface area contributed by atoms with Crippen LogP contribution in [-0.4, -0.2) is 37.3 Å². The van der Waals surface area contributed by atoms with Crippen molar-refractivity contribution in [3.05, 3.63) is 17.5 Å². The van der Waals surface area contributed by atoms with Crippen LogP contribution in [0.1, 0.15) is 35.5 Å². The summed E-state index contributed by atoms with van der Waals surface area (Å²) >= 11 is 0. The average Bonchev–Trinajstić information content (AvgIpc) is 3.00. The lowest BCUT2D eigenvalue weighted by molar-refractivity contribution is 0.0942. The molecule has 0 bridgehead atoms. The Labute approximate surface area is 106 Å². The second-order valence-corrected chi connectivity index (χ2v) is 4.45. The van der Waals surface area contributed by atoms with E-state index in [9.17, 15) is 4.79 Å². The largest absolute Gasteiger partial charge is 0.377 e. The summed E-state index contributed by atoms with van der Waals surface area (Å²) in [5.41, 5.74) is 0.307. The molecule has 1 fully saturated rings. The molecule has 1 atom stereocenters. The van der Waals surface area contributed by atoms with Crippen LogP contribution < -0.4 is 10.6 Å². The number of nitrogens with one attached hydrogen (secondary N) is 2. The Morgan fingerprint density at radius 3 is 3.33 bits per heavy atom. The molecule has 6 heteroatoms. The van der Waals surface area contributed by atoms with E-state index < -0.39 is 0 Å². The summed E-state index contributed by atoms with van der Waals surface area (Å²) in [7, 11) is 1.57. The molecular formula is C12H19N3O3. The molecule has 1 saturated heterocycles. The van der Waals surface area contributed by atoms with Crippen molar-refractivity contribution in [2.24, 2.45) is 0 Å². The predicted molar refractivity (Wildman–Crippen MR) is 65.2 cm³/mol. The van der Waals surface area contributed by atoms with Crippen molar-refractivity contribution >= 4 is 5.91 Å². The van der Waals surface area contributed by atoms with Crippen LogP contribution in [0, 0.1) is 0 Å². The second kappa shape index (κ2) is 6.51. The van der Waals surface area contributed by atoms with Crippen LogP contribution in [0.4, 0.5) is 0 Å². The number of nitrogens with zero attached hydrogens (tertiary/aromatic N) is 1. The average molecular weight is 253 g/mol. The Bertz CT molecular complexity index is 386. The van der Waals surface area contributed by atoms with Crippen molar-refractivity contribution in [1.82, 2.24) is 15.8 Å². The van der Waals surface area contributed by atoms with E-state index in [0.29, 0.717) is 30.6 Å². The number of amides is 1. The van der Waals surface area contributed by atoms with E-state index in [2.05, 4.69) is 15.8 Å². The van der Waals surface area contributed by atoms with Crippen LogP contribution in [0.2, 0.25) is 0 Å². The van der Waals surface area contributed by atoms with Gasteiger partial charge < -0.3 is 19.9 Å². The Morgan fingerprint density at radius 1 is 1.72 bits per heavy atom. The Morgan fingerprint density at radius 2 is 2.61 bits per heavy atom. The summed E-state index contributed by atoms with van der Waals surface area (Å²) in [6.45, 7) is 2.07. The molecule has 0 saturated carbocycles. The number of methoxy groups -OCH3 is 1. The minimum atomic E-state index is -0.195. The van der Waals surface area contributed by atoms with Gasteiger partial charge in [-0.3, -0.25) is 4.79 Å². The van der Waals surface area contributed by atoms with Gasteiger partial charge in [0.2, 0.25) is 0 Å². The molecule has 0 spiro atoms. The molecule has 1 aromatic heterocycles. The summed E-state index contributed by atoms with van der Waals surface area (Å²) < 4.78 is 9.85. The molecule has 1 aromatic rings. The van der Waals surface area contributed by atoms with Crippen molar-refractivity contribution in [2.45, 2.75) is 31.9 Å². The molecule has 1 amide bonds. The lowest BCUT2D eigenvalue weighted by Gasteiger charge is -2.09. The van der Waals surface area contributed by atoms with Gasteiger partial charge in [-0.2, -0.15) is 0 Å². The Balaban J connectivity index is 1.72. The summed E-state index contributed by atoms with van der Waals surface area (Å²) in [4.78, 5) is 11.7. The van der Waals surface area contributed by atoms with Crippen molar-refractivity contribution < 1.29 is 14.1 Å². The highest BCUT2D eigenvalue weighted by atomic mass is 16.5. The van der Waals surface area contributed by atoms with E-state index >= 15 is 0 Å². The molecule has 0 radical (unpaired) electrons. The number of hydrogen-bond donors (Lipinski definition) is 2. The van der Waals surface area contributed by atoms with Gasteiger partial charge in [0, 0.05) is 25.8 Å². The van der Waals surface area contributed by atoms with E-state index in [1.807, 2.05) is 0 Å². The van der Waals surface area contributed by atoms with Gasteiger partial charge in [-0.05, 0) is 25.8 Å². The fourth-order valence-corrected chi connectivity index (χ4v) is 2.08. The third kappa shape index (κ3) is 3.54. The predicted octanol–water partition coefficient (Wildman–Crippen LogP) is 0.693. The van der Waals surface area contributed by atoms with Crippen LogP contribution in [0.3, 0.4) is 0 Å². The highest BCUT2D eigenvalue weighted by Crippen LogP contribution is 2.08. The number of carbonyl (C=O) groups is 1. The molecule has 2 heterocycles. The molecule has 2 rings (SSSR count). The molecule has 2 N–H and O–H groups in total. The van der Waals surface area contributed by atoms with Crippen molar-refractivity contribution in [3.63, 3.8) is 0 Å². The van der Waals surface area contributed by atoms with Gasteiger partial charge in [0.05, 0.1) is 0 Å². The van der Waals surface area contributed by atoms with Crippen molar-refractivity contribution in [3.8, 4) is 0 Å². The number of hydrogen-bond acceptors (Lipinski definition) is 5. The van der Waals surface area contributed by atoms with Crippen LogP contribution in [-0.2, 0) is 11.3 Å². The van der Waals surface area contributed by atoms with Crippen LogP contribution in [0.5, 0.6) is 0 Å². The maximum Gasteiger partial charge on any atom is 0.273 e. The van der Waals surface area contributed by atoms with Gasteiger partial charge in [0.15, 0.2) is 11.5 Å². The van der Waals surface area contributed by atoms with Gasteiger partial charge >= 0.3 is 0 Å². The Hall–Kier alpha value is -1.40. The second-order valence-electron chi connectivity index (χ2n) is 4.45. The first kappa shape index (κ1) is 13.0. The molecule has 0 unspecified atom stereocenters. The molecular weight excluding hydrogens is 234 g/mol. The monoisotopic (exact) mass is 253 g/mol. The topological polar surface area (TPSA) is 76.4 Å². The fourth-order valence-electron chi connectivity index (χ4n) is 2.08. The van der Waals surface area contributed by atoms with Gasteiger partial charge in [-0.1, -0.05) is 5.16 Å². The van der Waals surface area contributed by atoms with Gasteiger partial charge in [0.1, 0.15) is 6.61 Å². The first-order valence-electron chi connectivity index (χ1n) is 6.25. The number of aromatic nitrogens is 1. The van der Waals surface area contributed by atoms with Crippen molar-refractivity contribution in [1.29, 1.82) is 0 Å². The first-order valence-corrected chi connectivity index (χ1v) is 6.25. The zero-order valence-corrected chi connectivity index (χ0v) is 10.6. The minimum Gasteiger partial charge on any atom is -0.377 e. The van der Waals surface area contributed by atoms with E-state index in [1.54, 1.807) is 13.2 Å². The van der Waals surface area contributed by atoms with E-state index in [1.165, 1.54) is 12.8 Å². The quantitative estimate of drug-likeness (QED) is 0.780. The molecule has 6 nitrogen and oxygen atoms in total. The van der Waals surface area contributed by atoms with Gasteiger partial charge in [-0.15, -0.1) is 0 Å². The summed E-state index contributed by atoms with van der Waals surface area (Å²) in [5, 5.41) is 9.93. The summed E-state index contributed by atoms with van der Waals surface area (Å²) in [6.07, 6.45) is 3.37. The van der Waals surface area contributed by atoms with Crippen LogP contribution in [0.15, 0.2) is 10.6 Å². The molecule has 1 aliphatic rings. The van der Waals surface area contributed by atoms with Crippen molar-refractivity contribution in [2.75, 3.05) is 20.2 Å². The number of ether oxygens (including phenoxy) is 1. The molecule has 1 aliphatic heterocycles. The fraction of sp³-hybridized carbons (Fsp3) is 0.667. The lowest BCUT2D eigenvalue weighted by Crippen LogP contribution is -2.30. The molecule has 18 heavy (non-hydrogen) atoms. The SMILES string of the molecule is COCc1cc(C(=O)NCC[C@@H]2CCCN2)no1.